The number of rotatable bonds is 7. The van der Waals surface area contributed by atoms with Gasteiger partial charge in [0.25, 0.3) is 17.7 Å². The molecule has 0 bridgehead atoms. The number of fused-ring (bicyclic) bond motifs is 1. The Morgan fingerprint density at radius 2 is 1.60 bits per heavy atom. The predicted molar refractivity (Wildman–Crippen MR) is 159 cm³/mol. The molecule has 4 aliphatic rings. The first-order chi connectivity index (χ1) is 20.8. The molecule has 1 unspecified atom stereocenters. The summed E-state index contributed by atoms with van der Waals surface area (Å²) in [7, 11) is 1.67. The van der Waals surface area contributed by atoms with E-state index >= 15 is 0 Å². The third-order valence-corrected chi connectivity index (χ3v) is 9.39. The molecular formula is C32H38N6O5. The van der Waals surface area contributed by atoms with Gasteiger partial charge in [0.2, 0.25) is 11.8 Å². The number of hydrogen-bond acceptors (Lipinski definition) is 8. The van der Waals surface area contributed by atoms with Crippen LogP contribution in [0.1, 0.15) is 81.1 Å². The minimum Gasteiger partial charge on any atom is -0.371 e. The molecule has 11 nitrogen and oxygen atoms in total. The van der Waals surface area contributed by atoms with Crippen molar-refractivity contribution in [3.8, 4) is 0 Å². The van der Waals surface area contributed by atoms with E-state index in [0.29, 0.717) is 28.5 Å². The molecule has 0 radical (unpaired) electrons. The first kappa shape index (κ1) is 29.0. The second kappa shape index (κ2) is 12.3. The number of hydrazine groups is 1. The molecule has 0 aromatic heterocycles. The summed E-state index contributed by atoms with van der Waals surface area (Å²) in [5.74, 6) is -0.972. The van der Waals surface area contributed by atoms with Gasteiger partial charge in [0.1, 0.15) is 6.04 Å². The van der Waals surface area contributed by atoms with Crippen molar-refractivity contribution in [3.05, 3.63) is 64.7 Å². The summed E-state index contributed by atoms with van der Waals surface area (Å²) < 4.78 is 0. The van der Waals surface area contributed by atoms with E-state index in [1.165, 1.54) is 5.56 Å². The molecule has 43 heavy (non-hydrogen) atoms. The SMILES string of the molecule is CNNC(=O)c1ccc(C2CCN(CC3CCN(c4cccc5c4C(=O)N(C4CCC(=O)NC4=O)C5=O)CC3)CC2)cc1. The summed E-state index contributed by atoms with van der Waals surface area (Å²) in [6.07, 6.45) is 4.44. The van der Waals surface area contributed by atoms with Crippen LogP contribution in [0.2, 0.25) is 0 Å². The van der Waals surface area contributed by atoms with E-state index < -0.39 is 23.8 Å². The molecule has 0 aliphatic carbocycles. The van der Waals surface area contributed by atoms with Gasteiger partial charge in [0, 0.05) is 38.7 Å². The van der Waals surface area contributed by atoms with Crippen LogP contribution >= 0.6 is 0 Å². The Balaban J connectivity index is 1.02. The molecule has 0 spiro atoms. The number of anilines is 1. The second-order valence-corrected chi connectivity index (χ2v) is 12.0. The molecule has 6 rings (SSSR count). The standard InChI is InChI=1S/C32H38N6O5/c1-33-35-29(40)23-7-5-21(6-8-23)22-13-15-36(16-14-22)19-20-11-17-37(18-12-20)25-4-2-3-24-28(25)32(43)38(31(24)42)26-9-10-27(39)34-30(26)41/h2-8,20,22,26,33H,9-19H2,1H3,(H,35,40)(H,34,39,41). The fraction of sp³-hybridized carbons (Fsp3) is 0.469. The van der Waals surface area contributed by atoms with Crippen molar-refractivity contribution in [2.75, 3.05) is 44.7 Å². The van der Waals surface area contributed by atoms with Crippen LogP contribution in [0, 0.1) is 5.92 Å². The van der Waals surface area contributed by atoms with Crippen LogP contribution < -0.4 is 21.1 Å². The third-order valence-electron chi connectivity index (χ3n) is 9.39. The molecule has 0 saturated carbocycles. The van der Waals surface area contributed by atoms with Crippen LogP contribution in [0.5, 0.6) is 0 Å². The van der Waals surface area contributed by atoms with E-state index in [1.807, 2.05) is 18.2 Å². The zero-order chi connectivity index (χ0) is 30.1. The number of piperidine rings is 3. The monoisotopic (exact) mass is 586 g/mol. The van der Waals surface area contributed by atoms with Crippen molar-refractivity contribution in [2.45, 2.75) is 50.5 Å². The lowest BCUT2D eigenvalue weighted by Crippen LogP contribution is -2.54. The summed E-state index contributed by atoms with van der Waals surface area (Å²) >= 11 is 0. The number of benzene rings is 2. The summed E-state index contributed by atoms with van der Waals surface area (Å²) in [4.78, 5) is 68.6. The zero-order valence-corrected chi connectivity index (χ0v) is 24.4. The molecule has 2 aromatic carbocycles. The largest absolute Gasteiger partial charge is 0.371 e. The molecule has 1 atom stereocenters. The van der Waals surface area contributed by atoms with Gasteiger partial charge in [-0.15, -0.1) is 0 Å². The summed E-state index contributed by atoms with van der Waals surface area (Å²) in [5.41, 5.74) is 8.64. The van der Waals surface area contributed by atoms with E-state index in [1.54, 1.807) is 19.2 Å². The Hall–Kier alpha value is -4.09. The molecule has 226 valence electrons. The smallest absolute Gasteiger partial charge is 0.265 e. The van der Waals surface area contributed by atoms with Crippen LogP contribution in [0.3, 0.4) is 0 Å². The van der Waals surface area contributed by atoms with E-state index in [9.17, 15) is 24.0 Å². The first-order valence-corrected chi connectivity index (χ1v) is 15.2. The summed E-state index contributed by atoms with van der Waals surface area (Å²) in [5, 5.41) is 2.26. The van der Waals surface area contributed by atoms with Gasteiger partial charge in [-0.05, 0) is 86.9 Å². The highest BCUT2D eigenvalue weighted by Gasteiger charge is 2.46. The second-order valence-electron chi connectivity index (χ2n) is 12.0. The number of carbonyl (C=O) groups is 5. The molecule has 2 aromatic rings. The van der Waals surface area contributed by atoms with Crippen molar-refractivity contribution in [1.82, 2.24) is 26.0 Å². The molecule has 3 N–H and O–H groups in total. The van der Waals surface area contributed by atoms with Crippen molar-refractivity contribution < 1.29 is 24.0 Å². The summed E-state index contributed by atoms with van der Waals surface area (Å²) in [6.45, 7) is 4.74. The van der Waals surface area contributed by atoms with Gasteiger partial charge in [-0.1, -0.05) is 18.2 Å². The van der Waals surface area contributed by atoms with Gasteiger partial charge in [-0.2, -0.15) is 0 Å². The molecule has 3 fully saturated rings. The van der Waals surface area contributed by atoms with Gasteiger partial charge in [-0.3, -0.25) is 39.6 Å². The van der Waals surface area contributed by atoms with Gasteiger partial charge in [0.15, 0.2) is 0 Å². The Kier molecular flexibility index (Phi) is 8.27. The lowest BCUT2D eigenvalue weighted by molar-refractivity contribution is -0.136. The zero-order valence-electron chi connectivity index (χ0n) is 24.4. The lowest BCUT2D eigenvalue weighted by Gasteiger charge is -2.39. The van der Waals surface area contributed by atoms with Crippen molar-refractivity contribution >= 4 is 35.2 Å². The van der Waals surface area contributed by atoms with E-state index in [0.717, 1.165) is 69.0 Å². The van der Waals surface area contributed by atoms with E-state index in [4.69, 9.17) is 0 Å². The molecule has 4 heterocycles. The van der Waals surface area contributed by atoms with Gasteiger partial charge in [0.05, 0.1) is 16.8 Å². The van der Waals surface area contributed by atoms with E-state index in [2.05, 4.69) is 38.1 Å². The Morgan fingerprint density at radius 1 is 0.884 bits per heavy atom. The number of amides is 5. The normalized spacial score (nSPS) is 22.1. The van der Waals surface area contributed by atoms with Crippen LogP contribution in [0.4, 0.5) is 5.69 Å². The van der Waals surface area contributed by atoms with Gasteiger partial charge < -0.3 is 9.80 Å². The maximum Gasteiger partial charge on any atom is 0.265 e. The minimum absolute atomic E-state index is 0.103. The molecule has 3 saturated heterocycles. The maximum atomic E-state index is 13.5. The highest BCUT2D eigenvalue weighted by molar-refractivity contribution is 6.25. The van der Waals surface area contributed by atoms with Crippen LogP contribution in [-0.2, 0) is 9.59 Å². The maximum absolute atomic E-state index is 13.5. The molecule has 4 aliphatic heterocycles. The number of imide groups is 2. The predicted octanol–water partition coefficient (Wildman–Crippen LogP) is 2.05. The van der Waals surface area contributed by atoms with Gasteiger partial charge in [-0.25, -0.2) is 5.43 Å². The number of nitrogens with one attached hydrogen (secondary N) is 3. The van der Waals surface area contributed by atoms with Gasteiger partial charge >= 0.3 is 0 Å². The van der Waals surface area contributed by atoms with Crippen molar-refractivity contribution in [2.24, 2.45) is 5.92 Å². The topological polar surface area (TPSA) is 131 Å². The number of nitrogens with zero attached hydrogens (tertiary/aromatic N) is 3. The van der Waals surface area contributed by atoms with E-state index in [-0.39, 0.29) is 24.7 Å². The summed E-state index contributed by atoms with van der Waals surface area (Å²) in [6, 6.07) is 12.3. The fourth-order valence-electron chi connectivity index (χ4n) is 7.02. The number of hydrogen-bond donors (Lipinski definition) is 3. The molecule has 5 amide bonds. The Labute approximate surface area is 250 Å². The van der Waals surface area contributed by atoms with Crippen LogP contribution in [-0.4, -0.2) is 85.1 Å². The fourth-order valence-corrected chi connectivity index (χ4v) is 7.02. The highest BCUT2D eigenvalue weighted by atomic mass is 16.2. The van der Waals surface area contributed by atoms with Crippen molar-refractivity contribution in [3.63, 3.8) is 0 Å². The van der Waals surface area contributed by atoms with Crippen LogP contribution in [0.25, 0.3) is 0 Å². The lowest BCUT2D eigenvalue weighted by atomic mass is 9.88. The van der Waals surface area contributed by atoms with Crippen LogP contribution in [0.15, 0.2) is 42.5 Å². The quantitative estimate of drug-likeness (QED) is 0.332. The minimum atomic E-state index is -0.961. The Morgan fingerprint density at radius 3 is 2.28 bits per heavy atom. The molecule has 11 heteroatoms. The number of carbonyl (C=O) groups excluding carboxylic acids is 5. The number of likely N-dealkylation sites (tertiary alicyclic amines) is 1. The molecular weight excluding hydrogens is 548 g/mol. The Bertz CT molecular complexity index is 1430. The highest BCUT2D eigenvalue weighted by Crippen LogP contribution is 2.36. The van der Waals surface area contributed by atoms with Crippen molar-refractivity contribution in [1.29, 1.82) is 0 Å². The first-order valence-electron chi connectivity index (χ1n) is 15.2. The third kappa shape index (κ3) is 5.79. The average Bonchev–Trinajstić information content (AvgIpc) is 3.27. The average molecular weight is 587 g/mol.